The molecule has 9 heteroatoms. The standard InChI is InChI=1S/C15H22N6O2S/c1-11-18-12(10-13(19-11)15-16-7-8-17-15)14-6-4-5-9-21(14)24(22,23)20(2)3/h7-8,10,14H,4-6,9H2,1-3H3,(H,16,17)/t14-/m0/s1. The zero-order valence-electron chi connectivity index (χ0n) is 14.1. The number of nitrogens with zero attached hydrogens (tertiary/aromatic N) is 5. The van der Waals surface area contributed by atoms with Crippen molar-refractivity contribution in [3.8, 4) is 11.5 Å². The number of hydrogen-bond acceptors (Lipinski definition) is 5. The molecular weight excluding hydrogens is 328 g/mol. The lowest BCUT2D eigenvalue weighted by Gasteiger charge is -2.35. The van der Waals surface area contributed by atoms with Gasteiger partial charge in [-0.1, -0.05) is 6.42 Å². The minimum atomic E-state index is -3.49. The SMILES string of the molecule is Cc1nc(-c2ncc[nH]2)cc([C@@H]2CCCCN2S(=O)(=O)N(C)C)n1. The fourth-order valence-corrected chi connectivity index (χ4v) is 4.29. The van der Waals surface area contributed by atoms with Crippen molar-refractivity contribution in [2.24, 2.45) is 0 Å². The second-order valence-corrected chi connectivity index (χ2v) is 8.17. The van der Waals surface area contributed by atoms with Crippen LogP contribution in [0.4, 0.5) is 0 Å². The van der Waals surface area contributed by atoms with Crippen molar-refractivity contribution in [1.29, 1.82) is 0 Å². The molecule has 1 saturated heterocycles. The van der Waals surface area contributed by atoms with Crippen LogP contribution in [0, 0.1) is 6.92 Å². The van der Waals surface area contributed by atoms with Crippen LogP contribution in [0.25, 0.3) is 11.5 Å². The van der Waals surface area contributed by atoms with Gasteiger partial charge in [0.2, 0.25) is 0 Å². The van der Waals surface area contributed by atoms with Crippen LogP contribution in [0.5, 0.6) is 0 Å². The first-order valence-electron chi connectivity index (χ1n) is 7.94. The summed E-state index contributed by atoms with van der Waals surface area (Å²) in [4.78, 5) is 16.2. The van der Waals surface area contributed by atoms with Crippen LogP contribution in [0.15, 0.2) is 18.5 Å². The fourth-order valence-electron chi connectivity index (χ4n) is 2.97. The summed E-state index contributed by atoms with van der Waals surface area (Å²) < 4.78 is 28.1. The maximum absolute atomic E-state index is 12.7. The van der Waals surface area contributed by atoms with Gasteiger partial charge in [-0.05, 0) is 25.8 Å². The Balaban J connectivity index is 2.03. The van der Waals surface area contributed by atoms with E-state index in [9.17, 15) is 8.42 Å². The summed E-state index contributed by atoms with van der Waals surface area (Å²) in [5, 5.41) is 0. The third-order valence-electron chi connectivity index (χ3n) is 4.15. The number of hydrogen-bond donors (Lipinski definition) is 1. The van der Waals surface area contributed by atoms with Crippen LogP contribution >= 0.6 is 0 Å². The molecular formula is C15H22N6O2S. The first-order chi connectivity index (χ1) is 11.4. The van der Waals surface area contributed by atoms with E-state index in [-0.39, 0.29) is 6.04 Å². The molecule has 0 radical (unpaired) electrons. The summed E-state index contributed by atoms with van der Waals surface area (Å²) in [7, 11) is -0.382. The van der Waals surface area contributed by atoms with E-state index in [2.05, 4.69) is 19.9 Å². The molecule has 2 aromatic rings. The van der Waals surface area contributed by atoms with Crippen LogP contribution in [-0.4, -0.2) is 57.6 Å². The van der Waals surface area contributed by atoms with Gasteiger partial charge in [-0.3, -0.25) is 0 Å². The number of rotatable bonds is 4. The van der Waals surface area contributed by atoms with Gasteiger partial charge in [-0.2, -0.15) is 17.0 Å². The first-order valence-corrected chi connectivity index (χ1v) is 9.34. The number of imidazole rings is 1. The lowest BCUT2D eigenvalue weighted by atomic mass is 10.0. The highest BCUT2D eigenvalue weighted by molar-refractivity contribution is 7.86. The Labute approximate surface area is 142 Å². The van der Waals surface area contributed by atoms with Crippen LogP contribution in [0.3, 0.4) is 0 Å². The molecule has 0 saturated carbocycles. The minimum Gasteiger partial charge on any atom is -0.343 e. The van der Waals surface area contributed by atoms with Gasteiger partial charge in [-0.15, -0.1) is 0 Å². The van der Waals surface area contributed by atoms with Gasteiger partial charge in [0.15, 0.2) is 5.82 Å². The van der Waals surface area contributed by atoms with Crippen molar-refractivity contribution in [2.75, 3.05) is 20.6 Å². The highest BCUT2D eigenvalue weighted by Gasteiger charge is 2.35. The van der Waals surface area contributed by atoms with Gasteiger partial charge >= 0.3 is 0 Å². The van der Waals surface area contributed by atoms with E-state index in [1.165, 1.54) is 4.31 Å². The maximum Gasteiger partial charge on any atom is 0.282 e. The Bertz CT molecular complexity index is 803. The summed E-state index contributed by atoms with van der Waals surface area (Å²) in [6.45, 7) is 2.31. The molecule has 1 fully saturated rings. The first kappa shape index (κ1) is 17.0. The van der Waals surface area contributed by atoms with Gasteiger partial charge in [-0.25, -0.2) is 15.0 Å². The highest BCUT2D eigenvalue weighted by Crippen LogP contribution is 2.33. The van der Waals surface area contributed by atoms with E-state index in [1.54, 1.807) is 30.8 Å². The molecule has 0 aliphatic carbocycles. The molecule has 1 aliphatic rings. The molecule has 0 aromatic carbocycles. The normalized spacial score (nSPS) is 19.8. The van der Waals surface area contributed by atoms with Crippen molar-refractivity contribution in [3.05, 3.63) is 30.0 Å². The van der Waals surface area contributed by atoms with Crippen molar-refractivity contribution in [1.82, 2.24) is 28.5 Å². The van der Waals surface area contributed by atoms with Crippen LogP contribution in [0.1, 0.15) is 36.8 Å². The Kier molecular flexibility index (Phi) is 4.66. The summed E-state index contributed by atoms with van der Waals surface area (Å²) in [5.74, 6) is 1.26. The van der Waals surface area contributed by atoms with Crippen LogP contribution in [0.2, 0.25) is 0 Å². The topological polar surface area (TPSA) is 95.1 Å². The second-order valence-electron chi connectivity index (χ2n) is 6.08. The van der Waals surface area contributed by atoms with Gasteiger partial charge in [0.05, 0.1) is 11.7 Å². The predicted molar refractivity (Wildman–Crippen MR) is 90.3 cm³/mol. The molecule has 3 rings (SSSR count). The molecule has 0 amide bonds. The number of aromatic amines is 1. The number of aromatic nitrogens is 4. The summed E-state index contributed by atoms with van der Waals surface area (Å²) in [6.07, 6.45) is 5.98. The zero-order chi connectivity index (χ0) is 17.3. The summed E-state index contributed by atoms with van der Waals surface area (Å²) in [6, 6.07) is 1.56. The molecule has 8 nitrogen and oxygen atoms in total. The van der Waals surface area contributed by atoms with E-state index >= 15 is 0 Å². The van der Waals surface area contributed by atoms with E-state index in [0.29, 0.717) is 23.9 Å². The molecule has 2 aromatic heterocycles. The lowest BCUT2D eigenvalue weighted by molar-refractivity contribution is 0.238. The molecule has 1 atom stereocenters. The summed E-state index contributed by atoms with van der Waals surface area (Å²) in [5.41, 5.74) is 1.40. The van der Waals surface area contributed by atoms with Gasteiger partial charge in [0.1, 0.15) is 11.5 Å². The number of H-pyrrole nitrogens is 1. The van der Waals surface area contributed by atoms with Crippen molar-refractivity contribution in [3.63, 3.8) is 0 Å². The lowest BCUT2D eigenvalue weighted by Crippen LogP contribution is -2.44. The number of piperidine rings is 1. The summed E-state index contributed by atoms with van der Waals surface area (Å²) >= 11 is 0. The molecule has 3 heterocycles. The van der Waals surface area contributed by atoms with Crippen molar-refractivity contribution in [2.45, 2.75) is 32.2 Å². The van der Waals surface area contributed by atoms with E-state index in [1.807, 2.05) is 13.0 Å². The fraction of sp³-hybridized carbons (Fsp3) is 0.533. The number of aryl methyl sites for hydroxylation is 1. The minimum absolute atomic E-state index is 0.276. The monoisotopic (exact) mass is 350 g/mol. The Morgan fingerprint density at radius 3 is 2.75 bits per heavy atom. The van der Waals surface area contributed by atoms with E-state index < -0.39 is 10.2 Å². The molecule has 0 bridgehead atoms. The number of nitrogens with one attached hydrogen (secondary N) is 1. The average Bonchev–Trinajstić information content (AvgIpc) is 3.08. The predicted octanol–water partition coefficient (Wildman–Crippen LogP) is 1.51. The van der Waals surface area contributed by atoms with Crippen LogP contribution < -0.4 is 0 Å². The molecule has 130 valence electrons. The van der Waals surface area contributed by atoms with E-state index in [0.717, 1.165) is 25.0 Å². The van der Waals surface area contributed by atoms with Crippen LogP contribution in [-0.2, 0) is 10.2 Å². The molecule has 24 heavy (non-hydrogen) atoms. The molecule has 1 aliphatic heterocycles. The second kappa shape index (κ2) is 6.58. The van der Waals surface area contributed by atoms with Crippen molar-refractivity contribution >= 4 is 10.2 Å². The Morgan fingerprint density at radius 2 is 2.08 bits per heavy atom. The quantitative estimate of drug-likeness (QED) is 0.902. The van der Waals surface area contributed by atoms with Gasteiger partial charge in [0, 0.05) is 33.0 Å². The average molecular weight is 350 g/mol. The third-order valence-corrected chi connectivity index (χ3v) is 6.10. The Morgan fingerprint density at radius 1 is 1.29 bits per heavy atom. The molecule has 0 spiro atoms. The largest absolute Gasteiger partial charge is 0.343 e. The van der Waals surface area contributed by atoms with Crippen molar-refractivity contribution < 1.29 is 8.42 Å². The Hall–Kier alpha value is -1.84. The maximum atomic E-state index is 12.7. The molecule has 0 unspecified atom stereocenters. The van der Waals surface area contributed by atoms with Gasteiger partial charge < -0.3 is 4.98 Å². The van der Waals surface area contributed by atoms with Gasteiger partial charge in [0.25, 0.3) is 10.2 Å². The molecule has 1 N–H and O–H groups in total. The smallest absolute Gasteiger partial charge is 0.282 e. The highest BCUT2D eigenvalue weighted by atomic mass is 32.2. The van der Waals surface area contributed by atoms with E-state index in [4.69, 9.17) is 0 Å². The zero-order valence-corrected chi connectivity index (χ0v) is 14.9. The third kappa shape index (κ3) is 3.19.